The van der Waals surface area contributed by atoms with Crippen LogP contribution in [0.4, 0.5) is 5.69 Å². The third kappa shape index (κ3) is 4.22. The van der Waals surface area contributed by atoms with Gasteiger partial charge < -0.3 is 4.57 Å². The summed E-state index contributed by atoms with van der Waals surface area (Å²) in [6.45, 7) is 5.47. The highest BCUT2D eigenvalue weighted by molar-refractivity contribution is 9.10. The second-order valence-electron chi connectivity index (χ2n) is 6.07. The van der Waals surface area contributed by atoms with Crippen molar-refractivity contribution in [2.24, 2.45) is 10.9 Å². The molecule has 5 heteroatoms. The van der Waals surface area contributed by atoms with Crippen LogP contribution in [-0.2, 0) is 6.54 Å². The molecule has 0 atom stereocenters. The molecule has 24 heavy (non-hydrogen) atoms. The van der Waals surface area contributed by atoms with Crippen LogP contribution in [0.15, 0.2) is 63.6 Å². The summed E-state index contributed by atoms with van der Waals surface area (Å²) in [4.78, 5) is 9.96. The summed E-state index contributed by atoms with van der Waals surface area (Å²) in [5, 5.41) is 2.19. The first-order chi connectivity index (χ1) is 11.6. The number of thiazole rings is 1. The molecule has 0 aliphatic rings. The second kappa shape index (κ2) is 7.90. The lowest BCUT2D eigenvalue weighted by molar-refractivity contribution is 0.513. The van der Waals surface area contributed by atoms with Gasteiger partial charge in [-0.1, -0.05) is 41.9 Å². The quantitative estimate of drug-likeness (QED) is 0.542. The fourth-order valence-electron chi connectivity index (χ4n) is 2.43. The largest absolute Gasteiger partial charge is 0.316 e. The highest BCUT2D eigenvalue weighted by Crippen LogP contribution is 2.24. The number of rotatable bonds is 5. The van der Waals surface area contributed by atoms with Gasteiger partial charge in [-0.3, -0.25) is 4.98 Å². The lowest BCUT2D eigenvalue weighted by atomic mass is 10.1. The van der Waals surface area contributed by atoms with Crippen LogP contribution in [0, 0.1) is 5.92 Å². The van der Waals surface area contributed by atoms with Crippen LogP contribution in [0.3, 0.4) is 0 Å². The van der Waals surface area contributed by atoms with E-state index in [1.54, 1.807) is 23.7 Å². The van der Waals surface area contributed by atoms with Crippen LogP contribution in [-0.4, -0.2) is 9.55 Å². The number of nitrogens with zero attached hydrogens (tertiary/aromatic N) is 3. The number of pyridine rings is 1. The molecule has 0 fully saturated rings. The number of halogens is 1. The first-order valence-electron chi connectivity index (χ1n) is 8.02. The maximum atomic E-state index is 4.79. The van der Waals surface area contributed by atoms with E-state index in [0.717, 1.165) is 27.9 Å². The van der Waals surface area contributed by atoms with Crippen molar-refractivity contribution in [3.05, 3.63) is 63.4 Å². The molecule has 0 aliphatic heterocycles. The van der Waals surface area contributed by atoms with E-state index in [2.05, 4.69) is 69.0 Å². The zero-order valence-electron chi connectivity index (χ0n) is 13.8. The van der Waals surface area contributed by atoms with Gasteiger partial charge >= 0.3 is 0 Å². The van der Waals surface area contributed by atoms with E-state index >= 15 is 0 Å². The molecular formula is C19H20BrN3S. The maximum Gasteiger partial charge on any atom is 0.190 e. The van der Waals surface area contributed by atoms with Crippen molar-refractivity contribution in [2.75, 3.05) is 0 Å². The van der Waals surface area contributed by atoms with Crippen molar-refractivity contribution in [3.63, 3.8) is 0 Å². The Hall–Kier alpha value is -1.72. The SMILES string of the molecule is CC(C)CCn1c(-c2cccc(Br)c2)csc1=Nc1cccnc1. The molecule has 2 heterocycles. The summed E-state index contributed by atoms with van der Waals surface area (Å²) in [6.07, 6.45) is 4.69. The predicted molar refractivity (Wildman–Crippen MR) is 104 cm³/mol. The maximum absolute atomic E-state index is 4.79. The lowest BCUT2D eigenvalue weighted by Crippen LogP contribution is -2.17. The van der Waals surface area contributed by atoms with Crippen LogP contribution in [0.1, 0.15) is 20.3 Å². The number of benzene rings is 1. The Bertz CT molecular complexity index is 866. The minimum absolute atomic E-state index is 0.652. The van der Waals surface area contributed by atoms with Crippen LogP contribution >= 0.6 is 27.3 Å². The Labute approximate surface area is 154 Å². The normalized spacial score (nSPS) is 12.1. The molecule has 3 nitrogen and oxygen atoms in total. The minimum Gasteiger partial charge on any atom is -0.316 e. The molecule has 3 aromatic rings. The molecule has 0 amide bonds. The number of hydrogen-bond donors (Lipinski definition) is 0. The Morgan fingerprint density at radius 3 is 2.83 bits per heavy atom. The zero-order chi connectivity index (χ0) is 16.9. The monoisotopic (exact) mass is 401 g/mol. The third-order valence-electron chi connectivity index (χ3n) is 3.72. The summed E-state index contributed by atoms with van der Waals surface area (Å²) in [6, 6.07) is 12.3. The summed E-state index contributed by atoms with van der Waals surface area (Å²) in [7, 11) is 0. The van der Waals surface area contributed by atoms with Gasteiger partial charge in [0, 0.05) is 28.2 Å². The smallest absolute Gasteiger partial charge is 0.190 e. The van der Waals surface area contributed by atoms with Crippen molar-refractivity contribution in [3.8, 4) is 11.3 Å². The topological polar surface area (TPSA) is 30.2 Å². The molecule has 0 bridgehead atoms. The molecule has 0 saturated heterocycles. The van der Waals surface area contributed by atoms with Gasteiger partial charge in [0.25, 0.3) is 0 Å². The van der Waals surface area contributed by atoms with Gasteiger partial charge in [-0.05, 0) is 36.6 Å². The van der Waals surface area contributed by atoms with Gasteiger partial charge in [-0.2, -0.15) is 0 Å². The molecule has 0 aliphatic carbocycles. The van der Waals surface area contributed by atoms with Gasteiger partial charge in [0.05, 0.1) is 17.6 Å². The third-order valence-corrected chi connectivity index (χ3v) is 5.08. The first-order valence-corrected chi connectivity index (χ1v) is 9.70. The van der Waals surface area contributed by atoms with Gasteiger partial charge in [0.1, 0.15) is 0 Å². The molecule has 124 valence electrons. The van der Waals surface area contributed by atoms with Gasteiger partial charge in [0.2, 0.25) is 0 Å². The molecule has 0 radical (unpaired) electrons. The zero-order valence-corrected chi connectivity index (χ0v) is 16.2. The van der Waals surface area contributed by atoms with Crippen molar-refractivity contribution in [1.29, 1.82) is 0 Å². The van der Waals surface area contributed by atoms with Crippen molar-refractivity contribution < 1.29 is 0 Å². The van der Waals surface area contributed by atoms with Gasteiger partial charge in [-0.15, -0.1) is 11.3 Å². The van der Waals surface area contributed by atoms with E-state index in [-0.39, 0.29) is 0 Å². The van der Waals surface area contributed by atoms with E-state index in [1.165, 1.54) is 11.3 Å². The predicted octanol–water partition coefficient (Wildman–Crippen LogP) is 5.65. The van der Waals surface area contributed by atoms with Gasteiger partial charge in [-0.25, -0.2) is 4.99 Å². The summed E-state index contributed by atoms with van der Waals surface area (Å²) in [5.41, 5.74) is 3.31. The Morgan fingerprint density at radius 2 is 2.12 bits per heavy atom. The number of aromatic nitrogens is 2. The standard InChI is InChI=1S/C19H20BrN3S/c1-14(2)8-10-23-18(15-5-3-6-16(20)11-15)13-24-19(23)22-17-7-4-9-21-12-17/h3-7,9,11-14H,8,10H2,1-2H3. The lowest BCUT2D eigenvalue weighted by Gasteiger charge is -2.11. The molecule has 0 N–H and O–H groups in total. The second-order valence-corrected chi connectivity index (χ2v) is 7.82. The average molecular weight is 402 g/mol. The Balaban J connectivity index is 2.08. The molecule has 3 rings (SSSR count). The average Bonchev–Trinajstić information content (AvgIpc) is 2.96. The summed E-state index contributed by atoms with van der Waals surface area (Å²) < 4.78 is 3.41. The van der Waals surface area contributed by atoms with E-state index in [1.807, 2.05) is 12.1 Å². The van der Waals surface area contributed by atoms with E-state index in [4.69, 9.17) is 4.99 Å². The molecule has 0 saturated carbocycles. The van der Waals surface area contributed by atoms with Crippen molar-refractivity contribution in [1.82, 2.24) is 9.55 Å². The first kappa shape index (κ1) is 17.1. The van der Waals surface area contributed by atoms with Crippen LogP contribution in [0.5, 0.6) is 0 Å². The molecule has 0 spiro atoms. The fourth-order valence-corrected chi connectivity index (χ4v) is 3.79. The number of hydrogen-bond acceptors (Lipinski definition) is 3. The summed E-state index contributed by atoms with van der Waals surface area (Å²) in [5.74, 6) is 0.652. The van der Waals surface area contributed by atoms with Crippen LogP contribution < -0.4 is 4.80 Å². The molecule has 0 unspecified atom stereocenters. The van der Waals surface area contributed by atoms with Crippen molar-refractivity contribution in [2.45, 2.75) is 26.8 Å². The van der Waals surface area contributed by atoms with Crippen LogP contribution in [0.2, 0.25) is 0 Å². The highest BCUT2D eigenvalue weighted by Gasteiger charge is 2.09. The van der Waals surface area contributed by atoms with E-state index in [0.29, 0.717) is 5.92 Å². The Morgan fingerprint density at radius 1 is 1.25 bits per heavy atom. The minimum atomic E-state index is 0.652. The summed E-state index contributed by atoms with van der Waals surface area (Å²) >= 11 is 5.25. The molecule has 2 aromatic heterocycles. The van der Waals surface area contributed by atoms with Crippen molar-refractivity contribution >= 4 is 33.0 Å². The van der Waals surface area contributed by atoms with E-state index < -0.39 is 0 Å². The molecular weight excluding hydrogens is 382 g/mol. The van der Waals surface area contributed by atoms with Crippen LogP contribution in [0.25, 0.3) is 11.3 Å². The highest BCUT2D eigenvalue weighted by atomic mass is 79.9. The Kier molecular flexibility index (Phi) is 5.63. The van der Waals surface area contributed by atoms with E-state index in [9.17, 15) is 0 Å². The van der Waals surface area contributed by atoms with Gasteiger partial charge in [0.15, 0.2) is 4.80 Å². The fraction of sp³-hybridized carbons (Fsp3) is 0.263. The molecule has 1 aromatic carbocycles.